The van der Waals surface area contributed by atoms with Crippen molar-refractivity contribution in [1.29, 1.82) is 0 Å². The summed E-state index contributed by atoms with van der Waals surface area (Å²) in [5.41, 5.74) is 7.32. The van der Waals surface area contributed by atoms with Crippen LogP contribution in [0.4, 0.5) is 11.4 Å². The van der Waals surface area contributed by atoms with E-state index in [-0.39, 0.29) is 0 Å². The molecule has 0 aliphatic carbocycles. The molecule has 1 aromatic carbocycles. The molecule has 90 valence electrons. The van der Waals surface area contributed by atoms with Crippen LogP contribution in [0.25, 0.3) is 0 Å². The van der Waals surface area contributed by atoms with Crippen LogP contribution < -0.4 is 15.8 Å². The highest BCUT2D eigenvalue weighted by Crippen LogP contribution is 2.25. The molecular weight excluding hydrogens is 224 g/mol. The first kappa shape index (κ1) is 12.8. The Morgan fingerprint density at radius 3 is 2.88 bits per heavy atom. The topological polar surface area (TPSA) is 64.3 Å². The zero-order chi connectivity index (χ0) is 12.0. The Kier molecular flexibility index (Phi) is 5.11. The maximum Gasteiger partial charge on any atom is 0.144 e. The molecule has 0 saturated heterocycles. The summed E-state index contributed by atoms with van der Waals surface area (Å²) in [5, 5.41) is 3.17. The van der Waals surface area contributed by atoms with Gasteiger partial charge in [0.25, 0.3) is 0 Å². The van der Waals surface area contributed by atoms with Crippen LogP contribution >= 0.6 is 0 Å². The lowest BCUT2D eigenvalue weighted by Crippen LogP contribution is -2.10. The highest BCUT2D eigenvalue weighted by molar-refractivity contribution is 7.84. The van der Waals surface area contributed by atoms with Crippen LogP contribution in [0.5, 0.6) is 5.75 Å². The molecule has 16 heavy (non-hydrogen) atoms. The van der Waals surface area contributed by atoms with Gasteiger partial charge in [-0.25, -0.2) is 0 Å². The normalized spacial score (nSPS) is 12.1. The molecule has 0 amide bonds. The minimum atomic E-state index is -0.771. The van der Waals surface area contributed by atoms with Crippen LogP contribution in [0.2, 0.25) is 0 Å². The van der Waals surface area contributed by atoms with Gasteiger partial charge in [-0.2, -0.15) is 0 Å². The number of hydrogen-bond donors (Lipinski definition) is 2. The van der Waals surface area contributed by atoms with E-state index in [9.17, 15) is 4.21 Å². The summed E-state index contributed by atoms with van der Waals surface area (Å²) < 4.78 is 16.3. The molecule has 0 fully saturated rings. The number of ether oxygens (including phenoxy) is 1. The molecule has 0 aromatic heterocycles. The van der Waals surface area contributed by atoms with Crippen molar-refractivity contribution in [3.8, 4) is 5.75 Å². The van der Waals surface area contributed by atoms with Crippen molar-refractivity contribution < 1.29 is 8.95 Å². The molecule has 0 spiro atoms. The van der Waals surface area contributed by atoms with Gasteiger partial charge in [0.2, 0.25) is 0 Å². The monoisotopic (exact) mass is 242 g/mol. The molecule has 4 nitrogen and oxygen atoms in total. The Bertz CT molecular complexity index is 369. The van der Waals surface area contributed by atoms with Gasteiger partial charge in [-0.1, -0.05) is 0 Å². The Labute approximate surface area is 98.6 Å². The summed E-state index contributed by atoms with van der Waals surface area (Å²) in [6.07, 6.45) is 1.69. The van der Waals surface area contributed by atoms with Gasteiger partial charge < -0.3 is 15.8 Å². The Morgan fingerprint density at radius 2 is 2.25 bits per heavy atom. The molecule has 1 atom stereocenters. The smallest absolute Gasteiger partial charge is 0.144 e. The van der Waals surface area contributed by atoms with Crippen LogP contribution in [0.1, 0.15) is 6.92 Å². The lowest BCUT2D eigenvalue weighted by atomic mass is 10.2. The first-order valence-electron chi connectivity index (χ1n) is 5.19. The Hall–Kier alpha value is -1.23. The molecular formula is C11H18N2O2S. The molecule has 1 aromatic rings. The SMILES string of the molecule is CCOc1cc(NCCS(C)=O)ccc1N. The van der Waals surface area contributed by atoms with Gasteiger partial charge in [-0.05, 0) is 19.1 Å². The van der Waals surface area contributed by atoms with Gasteiger partial charge in [-0.15, -0.1) is 0 Å². The summed E-state index contributed by atoms with van der Waals surface area (Å²) in [4.78, 5) is 0. The van der Waals surface area contributed by atoms with Crippen LogP contribution in [0.15, 0.2) is 18.2 Å². The largest absolute Gasteiger partial charge is 0.492 e. The van der Waals surface area contributed by atoms with Gasteiger partial charge in [0.1, 0.15) is 5.75 Å². The summed E-state index contributed by atoms with van der Waals surface area (Å²) in [6, 6.07) is 5.55. The van der Waals surface area contributed by atoms with E-state index in [1.165, 1.54) is 0 Å². The summed E-state index contributed by atoms with van der Waals surface area (Å²) in [6.45, 7) is 3.19. The molecule has 0 heterocycles. The first-order valence-corrected chi connectivity index (χ1v) is 6.92. The molecule has 0 saturated carbocycles. The maximum atomic E-state index is 10.9. The molecule has 3 N–H and O–H groups in total. The Morgan fingerprint density at radius 1 is 1.50 bits per heavy atom. The van der Waals surface area contributed by atoms with Crippen LogP contribution in [0, 0.1) is 0 Å². The Balaban J connectivity index is 2.60. The van der Waals surface area contributed by atoms with Gasteiger partial charge in [-0.3, -0.25) is 4.21 Å². The van der Waals surface area contributed by atoms with Crippen molar-refractivity contribution in [3.63, 3.8) is 0 Å². The number of nitrogens with two attached hydrogens (primary N) is 1. The number of rotatable bonds is 6. The lowest BCUT2D eigenvalue weighted by molar-refractivity contribution is 0.342. The van der Waals surface area contributed by atoms with Crippen molar-refractivity contribution in [2.75, 3.05) is 36.2 Å². The molecule has 0 aliphatic heterocycles. The van der Waals surface area contributed by atoms with Gasteiger partial charge >= 0.3 is 0 Å². The average Bonchev–Trinajstić information content (AvgIpc) is 2.22. The number of benzene rings is 1. The maximum absolute atomic E-state index is 10.9. The summed E-state index contributed by atoms with van der Waals surface area (Å²) in [5.74, 6) is 1.32. The zero-order valence-electron chi connectivity index (χ0n) is 9.66. The van der Waals surface area contributed by atoms with E-state index in [4.69, 9.17) is 10.5 Å². The van der Waals surface area contributed by atoms with E-state index >= 15 is 0 Å². The second kappa shape index (κ2) is 6.37. The van der Waals surface area contributed by atoms with E-state index in [1.807, 2.05) is 19.1 Å². The minimum Gasteiger partial charge on any atom is -0.492 e. The predicted octanol–water partition coefficient (Wildman–Crippen LogP) is 1.46. The number of nitrogen functional groups attached to an aromatic ring is 1. The molecule has 0 bridgehead atoms. The van der Waals surface area contributed by atoms with E-state index in [2.05, 4.69) is 5.32 Å². The molecule has 5 heteroatoms. The van der Waals surface area contributed by atoms with Gasteiger partial charge in [0.15, 0.2) is 0 Å². The van der Waals surface area contributed by atoms with Crippen LogP contribution in [-0.2, 0) is 10.8 Å². The number of anilines is 2. The van der Waals surface area contributed by atoms with E-state index in [0.717, 1.165) is 5.69 Å². The first-order chi connectivity index (χ1) is 7.63. The van der Waals surface area contributed by atoms with Crippen LogP contribution in [0.3, 0.4) is 0 Å². The minimum absolute atomic E-state index is 0.590. The lowest BCUT2D eigenvalue weighted by Gasteiger charge is -2.10. The van der Waals surface area contributed by atoms with Gasteiger partial charge in [0, 0.05) is 41.1 Å². The van der Waals surface area contributed by atoms with Crippen LogP contribution in [-0.4, -0.2) is 29.4 Å². The summed E-state index contributed by atoms with van der Waals surface area (Å²) in [7, 11) is -0.771. The molecule has 1 rings (SSSR count). The highest BCUT2D eigenvalue weighted by atomic mass is 32.2. The quantitative estimate of drug-likeness (QED) is 0.741. The second-order valence-electron chi connectivity index (χ2n) is 3.39. The standard InChI is InChI=1S/C11H18N2O2S/c1-3-15-11-8-9(4-5-10(11)12)13-6-7-16(2)14/h4-5,8,13H,3,6-7,12H2,1-2H3. The molecule has 0 radical (unpaired) electrons. The second-order valence-corrected chi connectivity index (χ2v) is 4.94. The fourth-order valence-electron chi connectivity index (χ4n) is 1.26. The van der Waals surface area contributed by atoms with Crippen molar-refractivity contribution in [1.82, 2.24) is 0 Å². The van der Waals surface area contributed by atoms with Gasteiger partial charge in [0.05, 0.1) is 12.3 Å². The van der Waals surface area contributed by atoms with E-state index in [0.29, 0.717) is 30.3 Å². The number of nitrogens with one attached hydrogen (secondary N) is 1. The zero-order valence-corrected chi connectivity index (χ0v) is 10.5. The highest BCUT2D eigenvalue weighted by Gasteiger charge is 2.01. The fourth-order valence-corrected chi connectivity index (χ4v) is 1.65. The third-order valence-electron chi connectivity index (χ3n) is 2.03. The molecule has 0 aliphatic rings. The fraction of sp³-hybridized carbons (Fsp3) is 0.455. The average molecular weight is 242 g/mol. The van der Waals surface area contributed by atoms with Crippen molar-refractivity contribution >= 4 is 22.2 Å². The number of hydrogen-bond acceptors (Lipinski definition) is 4. The summed E-state index contributed by atoms with van der Waals surface area (Å²) >= 11 is 0. The van der Waals surface area contributed by atoms with Crippen molar-refractivity contribution in [3.05, 3.63) is 18.2 Å². The third-order valence-corrected chi connectivity index (χ3v) is 2.81. The van der Waals surface area contributed by atoms with E-state index < -0.39 is 10.8 Å². The van der Waals surface area contributed by atoms with Crippen molar-refractivity contribution in [2.45, 2.75) is 6.92 Å². The van der Waals surface area contributed by atoms with E-state index in [1.54, 1.807) is 12.3 Å². The van der Waals surface area contributed by atoms with Crippen molar-refractivity contribution in [2.24, 2.45) is 0 Å². The predicted molar refractivity (Wildman–Crippen MR) is 69.4 cm³/mol. The molecule has 1 unspecified atom stereocenters. The third kappa shape index (κ3) is 4.10.